The molecule has 0 aliphatic carbocycles. The van der Waals surface area contributed by atoms with Crippen LogP contribution in [0.4, 0.5) is 5.82 Å². The van der Waals surface area contributed by atoms with E-state index in [2.05, 4.69) is 20.9 Å². The molecule has 0 aliphatic rings. The second kappa shape index (κ2) is 8.22. The van der Waals surface area contributed by atoms with Gasteiger partial charge in [-0.05, 0) is 36.5 Å². The second-order valence-electron chi connectivity index (χ2n) is 4.39. The van der Waals surface area contributed by atoms with Gasteiger partial charge in [-0.1, -0.05) is 46.4 Å². The van der Waals surface area contributed by atoms with Gasteiger partial charge in [0.15, 0.2) is 10.9 Å². The van der Waals surface area contributed by atoms with Crippen molar-refractivity contribution >= 4 is 75.5 Å². The van der Waals surface area contributed by atoms with E-state index in [0.717, 1.165) is 0 Å². The molecule has 1 atom stereocenters. The van der Waals surface area contributed by atoms with Crippen molar-refractivity contribution in [2.75, 3.05) is 5.32 Å². The highest BCUT2D eigenvalue weighted by Gasteiger charge is 2.35. The number of rotatable bonds is 4. The van der Waals surface area contributed by atoms with Crippen molar-refractivity contribution in [2.45, 2.75) is 9.96 Å². The van der Waals surface area contributed by atoms with Crippen molar-refractivity contribution in [2.24, 2.45) is 0 Å². The lowest BCUT2D eigenvalue weighted by Gasteiger charge is -2.27. The van der Waals surface area contributed by atoms with Gasteiger partial charge in [0.05, 0.1) is 11.3 Å². The number of nitrogens with one attached hydrogen (secondary N) is 3. The summed E-state index contributed by atoms with van der Waals surface area (Å²) >= 11 is 28.5. The number of halogens is 4. The molecule has 0 aromatic carbocycles. The minimum Gasteiger partial charge on any atom is -0.459 e. The Balaban J connectivity index is 2.01. The van der Waals surface area contributed by atoms with Gasteiger partial charge in [-0.2, -0.15) is 0 Å². The monoisotopic (exact) mass is 426 g/mol. The molecule has 2 aromatic rings. The number of thiocarbonyl (C=S) groups is 1. The van der Waals surface area contributed by atoms with Crippen LogP contribution in [0.5, 0.6) is 0 Å². The van der Waals surface area contributed by atoms with Gasteiger partial charge < -0.3 is 20.4 Å². The number of aromatic nitrogens is 1. The van der Waals surface area contributed by atoms with Crippen LogP contribution in [0.2, 0.25) is 5.02 Å². The molecule has 0 radical (unpaired) electrons. The van der Waals surface area contributed by atoms with E-state index in [1.165, 1.54) is 18.5 Å². The zero-order chi connectivity index (χ0) is 17.7. The third-order valence-corrected chi connectivity index (χ3v) is 3.69. The molecule has 2 rings (SSSR count). The van der Waals surface area contributed by atoms with E-state index in [1.54, 1.807) is 18.2 Å². The summed E-state index contributed by atoms with van der Waals surface area (Å²) in [5.41, 5.74) is 0. The van der Waals surface area contributed by atoms with Crippen LogP contribution in [0.25, 0.3) is 0 Å². The minimum atomic E-state index is -1.87. The summed E-state index contributed by atoms with van der Waals surface area (Å²) < 4.78 is 3.11. The van der Waals surface area contributed by atoms with Gasteiger partial charge in [0.1, 0.15) is 12.0 Å². The Morgan fingerprint density at radius 2 is 2.00 bits per heavy atom. The zero-order valence-electron chi connectivity index (χ0n) is 11.7. The topological polar surface area (TPSA) is 79.2 Å². The van der Waals surface area contributed by atoms with Gasteiger partial charge in [-0.25, -0.2) is 4.98 Å². The summed E-state index contributed by atoms with van der Waals surface area (Å²) in [6.07, 6.45) is 1.68. The van der Waals surface area contributed by atoms with Gasteiger partial charge in [0, 0.05) is 6.20 Å². The van der Waals surface area contributed by atoms with E-state index in [0.29, 0.717) is 10.8 Å². The van der Waals surface area contributed by atoms with Gasteiger partial charge in [-0.3, -0.25) is 4.79 Å². The second-order valence-corrected chi connectivity index (χ2v) is 7.60. The highest BCUT2D eigenvalue weighted by Crippen LogP contribution is 2.29. The molecule has 128 valence electrons. The molecule has 0 bridgehead atoms. The summed E-state index contributed by atoms with van der Waals surface area (Å²) in [4.78, 5) is 16.0. The lowest BCUT2D eigenvalue weighted by atomic mass is 10.4. The van der Waals surface area contributed by atoms with Crippen LogP contribution >= 0.6 is 58.6 Å². The van der Waals surface area contributed by atoms with E-state index >= 15 is 0 Å². The van der Waals surface area contributed by atoms with Crippen LogP contribution in [-0.2, 0) is 0 Å². The predicted octanol–water partition coefficient (Wildman–Crippen LogP) is 3.74. The van der Waals surface area contributed by atoms with Gasteiger partial charge in [-0.15, -0.1) is 0 Å². The van der Waals surface area contributed by atoms with Crippen LogP contribution in [0.1, 0.15) is 10.6 Å². The number of anilines is 1. The summed E-state index contributed by atoms with van der Waals surface area (Å²) in [5, 5.41) is 8.51. The van der Waals surface area contributed by atoms with Crippen molar-refractivity contribution in [1.82, 2.24) is 15.6 Å². The van der Waals surface area contributed by atoms with Crippen LogP contribution in [0, 0.1) is 0 Å². The van der Waals surface area contributed by atoms with Crippen molar-refractivity contribution in [3.05, 3.63) is 47.5 Å². The molecule has 11 heteroatoms. The first kappa shape index (κ1) is 19.1. The molecule has 3 N–H and O–H groups in total. The average Bonchev–Trinajstić information content (AvgIpc) is 3.02. The molecular formula is C13H10Cl4N4O2S. The maximum atomic E-state index is 12.0. The molecule has 0 saturated heterocycles. The van der Waals surface area contributed by atoms with Crippen LogP contribution in [-0.4, -0.2) is 26.0 Å². The molecule has 0 spiro atoms. The first-order chi connectivity index (χ1) is 11.3. The number of amides is 1. The fraction of sp³-hybridized carbons (Fsp3) is 0.154. The molecule has 24 heavy (non-hydrogen) atoms. The number of pyridine rings is 1. The average molecular weight is 428 g/mol. The third-order valence-electron chi connectivity index (χ3n) is 2.59. The fourth-order valence-electron chi connectivity index (χ4n) is 1.54. The Labute approximate surface area is 162 Å². The van der Waals surface area contributed by atoms with E-state index in [4.69, 9.17) is 63.0 Å². The highest BCUT2D eigenvalue weighted by atomic mass is 35.6. The predicted molar refractivity (Wildman–Crippen MR) is 98.9 cm³/mol. The van der Waals surface area contributed by atoms with Crippen molar-refractivity contribution < 1.29 is 9.21 Å². The Bertz CT molecular complexity index is 704. The Morgan fingerprint density at radius 1 is 1.25 bits per heavy atom. The van der Waals surface area contributed by atoms with Crippen LogP contribution in [0.15, 0.2) is 41.1 Å². The number of nitrogens with zero attached hydrogens (tertiary/aromatic N) is 1. The maximum absolute atomic E-state index is 12.0. The maximum Gasteiger partial charge on any atom is 0.288 e. The molecule has 0 saturated carbocycles. The molecule has 2 aromatic heterocycles. The first-order valence-electron chi connectivity index (χ1n) is 6.36. The highest BCUT2D eigenvalue weighted by molar-refractivity contribution is 7.80. The lowest BCUT2D eigenvalue weighted by molar-refractivity contribution is 0.0906. The summed E-state index contributed by atoms with van der Waals surface area (Å²) in [6.45, 7) is 0. The summed E-state index contributed by atoms with van der Waals surface area (Å²) in [5.74, 6) is -0.0807. The van der Waals surface area contributed by atoms with E-state index in [9.17, 15) is 4.79 Å². The first-order valence-corrected chi connectivity index (χ1v) is 8.28. The SMILES string of the molecule is O=C(NC(NC(=S)Nc1ccc(Cl)cn1)C(Cl)(Cl)Cl)c1ccco1. The molecular weight excluding hydrogens is 418 g/mol. The van der Waals surface area contributed by atoms with Crippen molar-refractivity contribution in [3.8, 4) is 0 Å². The Morgan fingerprint density at radius 3 is 2.54 bits per heavy atom. The number of hydrogen-bond acceptors (Lipinski definition) is 4. The molecule has 0 fully saturated rings. The van der Waals surface area contributed by atoms with Crippen molar-refractivity contribution in [3.63, 3.8) is 0 Å². The normalized spacial score (nSPS) is 12.3. The van der Waals surface area contributed by atoms with Gasteiger partial charge in [0.25, 0.3) is 5.91 Å². The smallest absolute Gasteiger partial charge is 0.288 e. The zero-order valence-corrected chi connectivity index (χ0v) is 15.6. The molecule has 1 amide bonds. The summed E-state index contributed by atoms with van der Waals surface area (Å²) in [7, 11) is 0. The largest absolute Gasteiger partial charge is 0.459 e. The number of carbonyl (C=O) groups excluding carboxylic acids is 1. The Hall–Kier alpha value is -1.25. The van der Waals surface area contributed by atoms with Crippen LogP contribution in [0.3, 0.4) is 0 Å². The standard InChI is InChI=1S/C13H10Cl4N4O2S/c14-7-3-4-9(18-6-7)19-12(24)21-11(13(15,16)17)20-10(22)8-2-1-5-23-8/h1-6,11H,(H,20,22)(H2,18,19,21,24). The molecule has 2 heterocycles. The number of alkyl halides is 3. The van der Waals surface area contributed by atoms with E-state index in [1.807, 2.05) is 0 Å². The number of carbonyl (C=O) groups is 1. The number of furan rings is 1. The molecule has 6 nitrogen and oxygen atoms in total. The number of hydrogen-bond donors (Lipinski definition) is 3. The Kier molecular flexibility index (Phi) is 6.54. The van der Waals surface area contributed by atoms with Crippen molar-refractivity contribution in [1.29, 1.82) is 0 Å². The third kappa shape index (κ3) is 5.68. The molecule has 1 unspecified atom stereocenters. The quantitative estimate of drug-likeness (QED) is 0.391. The summed E-state index contributed by atoms with van der Waals surface area (Å²) in [6, 6.07) is 6.27. The van der Waals surface area contributed by atoms with Crippen LogP contribution < -0.4 is 16.0 Å². The van der Waals surface area contributed by atoms with Gasteiger partial charge in [0.2, 0.25) is 3.79 Å². The van der Waals surface area contributed by atoms with E-state index in [-0.39, 0.29) is 10.9 Å². The van der Waals surface area contributed by atoms with E-state index < -0.39 is 15.9 Å². The lowest BCUT2D eigenvalue weighted by Crippen LogP contribution is -2.56. The van der Waals surface area contributed by atoms with Gasteiger partial charge >= 0.3 is 0 Å². The fourth-order valence-corrected chi connectivity index (χ4v) is 2.20. The minimum absolute atomic E-state index is 0.0642. The molecule has 0 aliphatic heterocycles.